The monoisotopic (exact) mass is 470 g/mol. The second kappa shape index (κ2) is 9.13. The Bertz CT molecular complexity index is 1350. The molecule has 0 aliphatic heterocycles. The minimum absolute atomic E-state index is 0.0877. The molecule has 0 spiro atoms. The number of carbonyl (C=O) groups excluding carboxylic acids is 1. The zero-order chi connectivity index (χ0) is 22.7. The van der Waals surface area contributed by atoms with E-state index in [1.807, 2.05) is 25.1 Å². The number of aromatic nitrogens is 1. The highest BCUT2D eigenvalue weighted by molar-refractivity contribution is 7.91. The van der Waals surface area contributed by atoms with E-state index in [4.69, 9.17) is 9.15 Å². The number of fused-ring (bicyclic) bond motifs is 1. The van der Waals surface area contributed by atoms with Crippen LogP contribution in [0.5, 0.6) is 5.75 Å². The second-order valence-electron chi connectivity index (χ2n) is 7.34. The van der Waals surface area contributed by atoms with Crippen LogP contribution in [0.25, 0.3) is 22.4 Å². The maximum absolute atomic E-state index is 12.4. The number of aryl methyl sites for hydroxylation is 1. The van der Waals surface area contributed by atoms with Crippen LogP contribution in [-0.2, 0) is 14.6 Å². The van der Waals surface area contributed by atoms with Crippen molar-refractivity contribution in [3.05, 3.63) is 59.5 Å². The molecule has 0 saturated heterocycles. The third kappa shape index (κ3) is 5.00. The maximum Gasteiger partial charge on any atom is 0.226 e. The van der Waals surface area contributed by atoms with E-state index < -0.39 is 9.84 Å². The van der Waals surface area contributed by atoms with Crippen LogP contribution < -0.4 is 10.1 Å². The molecule has 7 nitrogen and oxygen atoms in total. The number of ether oxygens (including phenoxy) is 1. The van der Waals surface area contributed by atoms with Crippen molar-refractivity contribution in [1.82, 2.24) is 4.98 Å². The molecular formula is C23H22N2O5S2. The van der Waals surface area contributed by atoms with E-state index in [-0.39, 0.29) is 29.4 Å². The Hall–Kier alpha value is -3.17. The van der Waals surface area contributed by atoms with Crippen molar-refractivity contribution in [3.63, 3.8) is 0 Å². The Kier molecular flexibility index (Phi) is 6.29. The van der Waals surface area contributed by atoms with Gasteiger partial charge < -0.3 is 14.5 Å². The van der Waals surface area contributed by atoms with Crippen molar-refractivity contribution in [3.8, 4) is 17.2 Å². The van der Waals surface area contributed by atoms with Crippen LogP contribution in [0, 0.1) is 6.92 Å². The number of rotatable bonds is 8. The average molecular weight is 471 g/mol. The predicted octanol–water partition coefficient (Wildman–Crippen LogP) is 5.07. The number of amides is 1. The Morgan fingerprint density at radius 3 is 2.69 bits per heavy atom. The third-order valence-electron chi connectivity index (χ3n) is 4.93. The van der Waals surface area contributed by atoms with Crippen molar-refractivity contribution in [2.24, 2.45) is 0 Å². The van der Waals surface area contributed by atoms with E-state index >= 15 is 0 Å². The minimum Gasteiger partial charge on any atom is -0.497 e. The minimum atomic E-state index is -3.41. The number of hydrogen-bond acceptors (Lipinski definition) is 7. The lowest BCUT2D eigenvalue weighted by atomic mass is 10.2. The first-order valence-electron chi connectivity index (χ1n) is 9.97. The summed E-state index contributed by atoms with van der Waals surface area (Å²) in [6.45, 7) is 1.90. The number of methoxy groups -OCH3 is 1. The standard InChI is InChI=1S/C23H22N2O5S2/c1-15-5-9-18(10-6-15)32(27,28)11-3-4-22(26)25-23-24-19(14-31-23)21-12-16-7-8-17(29-2)13-20(16)30-21/h5-10,12-14H,3-4,11H2,1-2H3,(H,24,25,26). The largest absolute Gasteiger partial charge is 0.497 e. The van der Waals surface area contributed by atoms with Gasteiger partial charge in [-0.2, -0.15) is 0 Å². The summed E-state index contributed by atoms with van der Waals surface area (Å²) in [5.41, 5.74) is 2.30. The van der Waals surface area contributed by atoms with Gasteiger partial charge in [0.2, 0.25) is 5.91 Å². The van der Waals surface area contributed by atoms with Gasteiger partial charge in [0.1, 0.15) is 17.0 Å². The van der Waals surface area contributed by atoms with Gasteiger partial charge in [-0.3, -0.25) is 4.79 Å². The van der Waals surface area contributed by atoms with Crippen LogP contribution in [0.15, 0.2) is 63.2 Å². The molecule has 0 unspecified atom stereocenters. The number of hydrogen-bond donors (Lipinski definition) is 1. The molecule has 0 saturated carbocycles. The van der Waals surface area contributed by atoms with Crippen LogP contribution in [-0.4, -0.2) is 32.2 Å². The van der Waals surface area contributed by atoms with Gasteiger partial charge in [-0.1, -0.05) is 17.7 Å². The van der Waals surface area contributed by atoms with Gasteiger partial charge >= 0.3 is 0 Å². The Labute approximate surface area is 190 Å². The molecule has 0 radical (unpaired) electrons. The summed E-state index contributed by atoms with van der Waals surface area (Å²) in [6.07, 6.45) is 0.316. The van der Waals surface area contributed by atoms with Gasteiger partial charge in [0.25, 0.3) is 0 Å². The first-order valence-corrected chi connectivity index (χ1v) is 12.5. The molecule has 166 valence electrons. The van der Waals surface area contributed by atoms with Crippen LogP contribution in [0.2, 0.25) is 0 Å². The highest BCUT2D eigenvalue weighted by atomic mass is 32.2. The number of carbonyl (C=O) groups is 1. The van der Waals surface area contributed by atoms with Crippen molar-refractivity contribution in [1.29, 1.82) is 0 Å². The van der Waals surface area contributed by atoms with Crippen LogP contribution >= 0.6 is 11.3 Å². The van der Waals surface area contributed by atoms with Crippen molar-refractivity contribution in [2.45, 2.75) is 24.7 Å². The second-order valence-corrected chi connectivity index (χ2v) is 10.3. The fourth-order valence-electron chi connectivity index (χ4n) is 3.18. The molecule has 0 bridgehead atoms. The van der Waals surface area contributed by atoms with Crippen LogP contribution in [0.4, 0.5) is 5.13 Å². The van der Waals surface area contributed by atoms with Crippen LogP contribution in [0.1, 0.15) is 18.4 Å². The molecule has 0 atom stereocenters. The Balaban J connectivity index is 1.34. The predicted molar refractivity (Wildman–Crippen MR) is 125 cm³/mol. The molecule has 9 heteroatoms. The average Bonchev–Trinajstić information content (AvgIpc) is 3.40. The summed E-state index contributed by atoms with van der Waals surface area (Å²) in [5, 5.41) is 5.89. The number of sulfone groups is 1. The first kappa shape index (κ1) is 22.0. The van der Waals surface area contributed by atoms with E-state index in [1.54, 1.807) is 42.8 Å². The highest BCUT2D eigenvalue weighted by Gasteiger charge is 2.16. The molecule has 4 rings (SSSR count). The molecule has 2 heterocycles. The van der Waals surface area contributed by atoms with Gasteiger partial charge in [-0.15, -0.1) is 11.3 Å². The third-order valence-corrected chi connectivity index (χ3v) is 7.50. The number of anilines is 1. The molecular weight excluding hydrogens is 448 g/mol. The van der Waals surface area contributed by atoms with E-state index in [9.17, 15) is 13.2 Å². The first-order chi connectivity index (χ1) is 15.3. The van der Waals surface area contributed by atoms with Gasteiger partial charge in [-0.25, -0.2) is 13.4 Å². The Morgan fingerprint density at radius 1 is 1.16 bits per heavy atom. The van der Waals surface area contributed by atoms with Gasteiger partial charge in [0.05, 0.1) is 17.8 Å². The zero-order valence-corrected chi connectivity index (χ0v) is 19.3. The van der Waals surface area contributed by atoms with E-state index in [0.29, 0.717) is 27.9 Å². The summed E-state index contributed by atoms with van der Waals surface area (Å²) in [4.78, 5) is 16.9. The summed E-state index contributed by atoms with van der Waals surface area (Å²) < 4.78 is 35.9. The smallest absolute Gasteiger partial charge is 0.226 e. The molecule has 0 fully saturated rings. The van der Waals surface area contributed by atoms with Gasteiger partial charge in [0, 0.05) is 23.3 Å². The summed E-state index contributed by atoms with van der Waals surface area (Å²) in [7, 11) is -1.81. The van der Waals surface area contributed by atoms with E-state index in [2.05, 4.69) is 10.3 Å². The summed E-state index contributed by atoms with van der Waals surface area (Å²) in [6, 6.07) is 14.2. The lowest BCUT2D eigenvalue weighted by molar-refractivity contribution is -0.116. The number of thiazole rings is 1. The molecule has 32 heavy (non-hydrogen) atoms. The number of furan rings is 1. The van der Waals surface area contributed by atoms with Crippen LogP contribution in [0.3, 0.4) is 0 Å². The topological polar surface area (TPSA) is 98.5 Å². The highest BCUT2D eigenvalue weighted by Crippen LogP contribution is 2.32. The quantitative estimate of drug-likeness (QED) is 0.386. The normalized spacial score (nSPS) is 11.6. The maximum atomic E-state index is 12.4. The van der Waals surface area contributed by atoms with Gasteiger partial charge in [-0.05, 0) is 43.7 Å². The van der Waals surface area contributed by atoms with Crippen molar-refractivity contribution in [2.75, 3.05) is 18.2 Å². The molecule has 1 amide bonds. The number of nitrogens with zero attached hydrogens (tertiary/aromatic N) is 1. The number of nitrogens with one attached hydrogen (secondary N) is 1. The van der Waals surface area contributed by atoms with E-state index in [0.717, 1.165) is 10.9 Å². The summed E-state index contributed by atoms with van der Waals surface area (Å²) >= 11 is 1.28. The molecule has 0 aliphatic carbocycles. The zero-order valence-electron chi connectivity index (χ0n) is 17.6. The Morgan fingerprint density at radius 2 is 1.94 bits per heavy atom. The molecule has 1 N–H and O–H groups in total. The van der Waals surface area contributed by atoms with Crippen molar-refractivity contribution < 1.29 is 22.4 Å². The molecule has 2 aromatic carbocycles. The molecule has 2 aromatic heterocycles. The SMILES string of the molecule is COc1ccc2cc(-c3csc(NC(=O)CCCS(=O)(=O)c4ccc(C)cc4)n3)oc2c1. The number of benzene rings is 2. The lowest BCUT2D eigenvalue weighted by Crippen LogP contribution is -2.14. The summed E-state index contributed by atoms with van der Waals surface area (Å²) in [5.74, 6) is 0.928. The van der Waals surface area contributed by atoms with Gasteiger partial charge in [0.15, 0.2) is 20.7 Å². The fourth-order valence-corrected chi connectivity index (χ4v) is 5.20. The molecule has 4 aromatic rings. The van der Waals surface area contributed by atoms with Crippen molar-refractivity contribution >= 4 is 43.2 Å². The molecule has 0 aliphatic rings. The fraction of sp³-hybridized carbons (Fsp3) is 0.217. The lowest BCUT2D eigenvalue weighted by Gasteiger charge is -2.05. The van der Waals surface area contributed by atoms with E-state index in [1.165, 1.54) is 11.3 Å².